The van der Waals surface area contributed by atoms with Gasteiger partial charge in [-0.05, 0) is 43.9 Å². The normalized spacial score (nSPS) is 41.4. The van der Waals surface area contributed by atoms with Gasteiger partial charge in [-0.25, -0.2) is 0 Å². The van der Waals surface area contributed by atoms with Crippen LogP contribution in [0, 0.1) is 17.8 Å². The molecule has 0 aromatic rings. The molecule has 0 aliphatic heterocycles. The van der Waals surface area contributed by atoms with E-state index in [1.807, 2.05) is 0 Å². The summed E-state index contributed by atoms with van der Waals surface area (Å²) in [5.74, 6) is 3.14. The summed E-state index contributed by atoms with van der Waals surface area (Å²) < 4.78 is 0. The van der Waals surface area contributed by atoms with Crippen molar-refractivity contribution in [3.05, 3.63) is 12.2 Å². The number of hydrogen-bond acceptors (Lipinski definition) is 0. The second-order valence-electron chi connectivity index (χ2n) is 3.86. The quantitative estimate of drug-likeness (QED) is 0.589. The van der Waals surface area contributed by atoms with Crippen LogP contribution >= 0.6 is 17.0 Å². The molecular formula is C10H17Br. The minimum atomic E-state index is 0. The van der Waals surface area contributed by atoms with Gasteiger partial charge >= 0.3 is 0 Å². The minimum absolute atomic E-state index is 0. The zero-order valence-corrected chi connectivity index (χ0v) is 8.84. The fourth-order valence-electron chi connectivity index (χ4n) is 2.78. The van der Waals surface area contributed by atoms with Crippen LogP contribution in [0.15, 0.2) is 12.2 Å². The predicted octanol–water partition coefficient (Wildman–Crippen LogP) is 3.58. The Hall–Kier alpha value is 0.220. The average molecular weight is 217 g/mol. The molecule has 2 aliphatic rings. The molecule has 2 rings (SSSR count). The fourth-order valence-corrected chi connectivity index (χ4v) is 2.78. The predicted molar refractivity (Wildman–Crippen MR) is 54.1 cm³/mol. The molecule has 0 N–H and O–H groups in total. The third-order valence-electron chi connectivity index (χ3n) is 3.23. The van der Waals surface area contributed by atoms with Crippen molar-refractivity contribution in [2.45, 2.75) is 32.6 Å². The first-order valence-corrected chi connectivity index (χ1v) is 4.53. The van der Waals surface area contributed by atoms with E-state index in [9.17, 15) is 0 Å². The number of rotatable bonds is 1. The van der Waals surface area contributed by atoms with Gasteiger partial charge in [-0.15, -0.1) is 17.0 Å². The molecule has 0 radical (unpaired) electrons. The first kappa shape index (κ1) is 9.31. The van der Waals surface area contributed by atoms with Gasteiger partial charge < -0.3 is 0 Å². The van der Waals surface area contributed by atoms with Crippen molar-refractivity contribution in [2.75, 3.05) is 0 Å². The Morgan fingerprint density at radius 1 is 1.18 bits per heavy atom. The van der Waals surface area contributed by atoms with Crippen LogP contribution in [0.5, 0.6) is 0 Å². The van der Waals surface area contributed by atoms with Crippen LogP contribution < -0.4 is 0 Å². The van der Waals surface area contributed by atoms with Crippen molar-refractivity contribution in [1.82, 2.24) is 0 Å². The number of allylic oxidation sites excluding steroid dienone is 2. The average Bonchev–Trinajstić information content (AvgIpc) is 2.48. The summed E-state index contributed by atoms with van der Waals surface area (Å²) in [5, 5.41) is 0. The van der Waals surface area contributed by atoms with Crippen molar-refractivity contribution in [1.29, 1.82) is 0 Å². The molecule has 1 heteroatoms. The molecule has 0 nitrogen and oxygen atoms in total. The van der Waals surface area contributed by atoms with Gasteiger partial charge in [0.15, 0.2) is 0 Å². The van der Waals surface area contributed by atoms with E-state index in [1.165, 1.54) is 25.7 Å². The molecule has 0 aromatic carbocycles. The maximum absolute atomic E-state index is 2.42. The molecule has 0 heterocycles. The van der Waals surface area contributed by atoms with Gasteiger partial charge in [0.25, 0.3) is 0 Å². The van der Waals surface area contributed by atoms with Gasteiger partial charge in [0.1, 0.15) is 0 Å². The first-order valence-electron chi connectivity index (χ1n) is 4.53. The maximum Gasteiger partial charge on any atom is -0.0203 e. The lowest BCUT2D eigenvalue weighted by Crippen LogP contribution is -2.06. The van der Waals surface area contributed by atoms with Crippen molar-refractivity contribution < 1.29 is 0 Å². The third-order valence-corrected chi connectivity index (χ3v) is 3.23. The molecule has 2 fully saturated rings. The molecule has 2 saturated carbocycles. The van der Waals surface area contributed by atoms with Crippen molar-refractivity contribution in [2.24, 2.45) is 17.8 Å². The molecule has 2 bridgehead atoms. The van der Waals surface area contributed by atoms with E-state index in [0.717, 1.165) is 17.8 Å². The Labute approximate surface area is 79.8 Å². The summed E-state index contributed by atoms with van der Waals surface area (Å²) in [5.41, 5.74) is 0. The second-order valence-corrected chi connectivity index (χ2v) is 3.86. The molecule has 2 aliphatic carbocycles. The minimum Gasteiger partial charge on any atom is -0.114 e. The van der Waals surface area contributed by atoms with Crippen LogP contribution in [0.3, 0.4) is 0 Å². The lowest BCUT2D eigenvalue weighted by atomic mass is 9.89. The molecule has 11 heavy (non-hydrogen) atoms. The zero-order chi connectivity index (χ0) is 6.97. The first-order chi connectivity index (χ1) is 4.90. The van der Waals surface area contributed by atoms with Crippen molar-refractivity contribution >= 4 is 17.0 Å². The lowest BCUT2D eigenvalue weighted by molar-refractivity contribution is 0.394. The Kier molecular flexibility index (Phi) is 3.17. The van der Waals surface area contributed by atoms with Crippen molar-refractivity contribution in [3.63, 3.8) is 0 Å². The maximum atomic E-state index is 2.42. The van der Waals surface area contributed by atoms with Crippen LogP contribution in [0.1, 0.15) is 32.6 Å². The van der Waals surface area contributed by atoms with Gasteiger partial charge in [-0.1, -0.05) is 18.6 Å². The van der Waals surface area contributed by atoms with E-state index >= 15 is 0 Å². The lowest BCUT2D eigenvalue weighted by Gasteiger charge is -2.17. The van der Waals surface area contributed by atoms with Gasteiger partial charge in [0, 0.05) is 0 Å². The molecule has 3 unspecified atom stereocenters. The second kappa shape index (κ2) is 3.75. The number of hydrogen-bond donors (Lipinski definition) is 0. The van der Waals surface area contributed by atoms with Crippen LogP contribution in [0.25, 0.3) is 0 Å². The monoisotopic (exact) mass is 216 g/mol. The molecule has 0 aromatic heterocycles. The summed E-state index contributed by atoms with van der Waals surface area (Å²) in [6.45, 7) is 2.14. The molecular weight excluding hydrogens is 200 g/mol. The SMILES string of the molecule is Br.CC=CC1CC2CCC1C2. The topological polar surface area (TPSA) is 0 Å². The third kappa shape index (κ3) is 1.69. The highest BCUT2D eigenvalue weighted by Crippen LogP contribution is 2.48. The molecule has 0 amide bonds. The standard InChI is InChI=1S/C10H16.BrH/c1-2-3-9-6-8-4-5-10(9)7-8;/h2-3,8-10H,4-7H2,1H3;1H. The van der Waals surface area contributed by atoms with E-state index in [4.69, 9.17) is 0 Å². The number of fused-ring (bicyclic) bond motifs is 2. The largest absolute Gasteiger partial charge is 0.114 e. The van der Waals surface area contributed by atoms with Crippen LogP contribution in [-0.2, 0) is 0 Å². The van der Waals surface area contributed by atoms with E-state index in [2.05, 4.69) is 19.1 Å². The summed E-state index contributed by atoms with van der Waals surface area (Å²) in [6, 6.07) is 0. The van der Waals surface area contributed by atoms with Gasteiger partial charge in [-0.3, -0.25) is 0 Å². The van der Waals surface area contributed by atoms with E-state index < -0.39 is 0 Å². The van der Waals surface area contributed by atoms with Gasteiger partial charge in [0.2, 0.25) is 0 Å². The number of halogens is 1. The Balaban J connectivity index is 0.000000605. The Bertz CT molecular complexity index is 151. The smallest absolute Gasteiger partial charge is 0.0203 e. The highest BCUT2D eigenvalue weighted by molar-refractivity contribution is 8.93. The molecule has 0 saturated heterocycles. The summed E-state index contributed by atoms with van der Waals surface area (Å²) in [6.07, 6.45) is 10.7. The summed E-state index contributed by atoms with van der Waals surface area (Å²) >= 11 is 0. The Morgan fingerprint density at radius 2 is 2.00 bits per heavy atom. The summed E-state index contributed by atoms with van der Waals surface area (Å²) in [7, 11) is 0. The van der Waals surface area contributed by atoms with Gasteiger partial charge in [0.05, 0.1) is 0 Å². The van der Waals surface area contributed by atoms with Crippen molar-refractivity contribution in [3.8, 4) is 0 Å². The zero-order valence-electron chi connectivity index (χ0n) is 7.12. The molecule has 0 spiro atoms. The fraction of sp³-hybridized carbons (Fsp3) is 0.800. The molecule has 3 atom stereocenters. The van der Waals surface area contributed by atoms with Gasteiger partial charge in [-0.2, -0.15) is 0 Å². The van der Waals surface area contributed by atoms with Crippen LogP contribution in [-0.4, -0.2) is 0 Å². The van der Waals surface area contributed by atoms with E-state index in [0.29, 0.717) is 0 Å². The Morgan fingerprint density at radius 3 is 2.45 bits per heavy atom. The highest BCUT2D eigenvalue weighted by atomic mass is 79.9. The molecule has 64 valence electrons. The van der Waals surface area contributed by atoms with Crippen LogP contribution in [0.4, 0.5) is 0 Å². The van der Waals surface area contributed by atoms with Crippen LogP contribution in [0.2, 0.25) is 0 Å². The van der Waals surface area contributed by atoms with E-state index in [-0.39, 0.29) is 17.0 Å². The van der Waals surface area contributed by atoms with E-state index in [1.54, 1.807) is 0 Å². The summed E-state index contributed by atoms with van der Waals surface area (Å²) in [4.78, 5) is 0. The highest BCUT2D eigenvalue weighted by Gasteiger charge is 2.37.